The van der Waals surface area contributed by atoms with Crippen LogP contribution in [0.15, 0.2) is 16.6 Å². The third kappa shape index (κ3) is 1.56. The third-order valence-corrected chi connectivity index (χ3v) is 2.03. The lowest BCUT2D eigenvalue weighted by atomic mass is 10.1. The van der Waals surface area contributed by atoms with E-state index in [0.29, 0.717) is 5.56 Å². The van der Waals surface area contributed by atoms with Crippen LogP contribution in [-0.2, 0) is 6.42 Å². The van der Waals surface area contributed by atoms with Gasteiger partial charge in [-0.15, -0.1) is 0 Å². The van der Waals surface area contributed by atoms with Gasteiger partial charge in [0.2, 0.25) is 0 Å². The van der Waals surface area contributed by atoms with Crippen molar-refractivity contribution in [3.63, 3.8) is 0 Å². The van der Waals surface area contributed by atoms with Gasteiger partial charge in [0.25, 0.3) is 0 Å². The van der Waals surface area contributed by atoms with Gasteiger partial charge in [-0.1, -0.05) is 6.07 Å². The summed E-state index contributed by atoms with van der Waals surface area (Å²) in [6, 6.07) is 4.80. The minimum Gasteiger partial charge on any atom is -0.505 e. The zero-order valence-corrected chi connectivity index (χ0v) is 7.60. The van der Waals surface area contributed by atoms with Gasteiger partial charge in [-0.3, -0.25) is 0 Å². The molecule has 12 heavy (non-hydrogen) atoms. The summed E-state index contributed by atoms with van der Waals surface area (Å²) < 4.78 is 13.1. The molecule has 0 aliphatic carbocycles. The van der Waals surface area contributed by atoms with Crippen LogP contribution >= 0.6 is 15.9 Å². The van der Waals surface area contributed by atoms with Crippen LogP contribution in [0.3, 0.4) is 0 Å². The first kappa shape index (κ1) is 9.01. The Kier molecular flexibility index (Phi) is 2.66. The average Bonchev–Trinajstić information content (AvgIpc) is 2.07. The Morgan fingerprint density at radius 1 is 1.58 bits per heavy atom. The molecule has 0 heterocycles. The number of halogens is 2. The van der Waals surface area contributed by atoms with Crippen molar-refractivity contribution in [3.8, 4) is 11.8 Å². The second-order valence-corrected chi connectivity index (χ2v) is 3.06. The van der Waals surface area contributed by atoms with E-state index < -0.39 is 11.6 Å². The van der Waals surface area contributed by atoms with E-state index in [2.05, 4.69) is 15.9 Å². The molecule has 0 aromatic heterocycles. The Labute approximate surface area is 77.4 Å². The van der Waals surface area contributed by atoms with Gasteiger partial charge in [0.1, 0.15) is 0 Å². The lowest BCUT2D eigenvalue weighted by molar-refractivity contribution is 0.425. The van der Waals surface area contributed by atoms with Gasteiger partial charge in [0.15, 0.2) is 11.6 Å². The summed E-state index contributed by atoms with van der Waals surface area (Å²) in [5.41, 5.74) is 0.304. The third-order valence-electron chi connectivity index (χ3n) is 1.42. The molecule has 0 unspecified atom stereocenters. The van der Waals surface area contributed by atoms with Crippen LogP contribution in [0, 0.1) is 17.1 Å². The van der Waals surface area contributed by atoms with Crippen LogP contribution in [0.5, 0.6) is 5.75 Å². The first-order valence-corrected chi connectivity index (χ1v) is 3.99. The molecule has 0 bridgehead atoms. The van der Waals surface area contributed by atoms with Crippen LogP contribution in [-0.4, -0.2) is 5.11 Å². The maximum atomic E-state index is 12.9. The molecule has 0 saturated carbocycles. The van der Waals surface area contributed by atoms with Gasteiger partial charge in [-0.2, -0.15) is 5.26 Å². The SMILES string of the molecule is N#CCc1ccc(Br)c(F)c1O. The van der Waals surface area contributed by atoms with E-state index in [9.17, 15) is 4.39 Å². The molecule has 0 fully saturated rings. The summed E-state index contributed by atoms with van der Waals surface area (Å²) in [5, 5.41) is 17.5. The number of aromatic hydroxyl groups is 1. The summed E-state index contributed by atoms with van der Waals surface area (Å²) in [7, 11) is 0. The Morgan fingerprint density at radius 2 is 2.25 bits per heavy atom. The lowest BCUT2D eigenvalue weighted by Gasteiger charge is -2.01. The molecule has 1 aromatic carbocycles. The minimum atomic E-state index is -0.720. The first-order valence-electron chi connectivity index (χ1n) is 3.19. The van der Waals surface area contributed by atoms with Crippen molar-refractivity contribution in [1.29, 1.82) is 5.26 Å². The van der Waals surface area contributed by atoms with Gasteiger partial charge in [0.05, 0.1) is 17.0 Å². The average molecular weight is 230 g/mol. The van der Waals surface area contributed by atoms with E-state index >= 15 is 0 Å². The standard InChI is InChI=1S/C8H5BrFNO/c9-6-2-1-5(3-4-11)8(12)7(6)10/h1-2,12H,3H2. The topological polar surface area (TPSA) is 44.0 Å². The van der Waals surface area contributed by atoms with Crippen molar-refractivity contribution in [2.24, 2.45) is 0 Å². The molecule has 1 N–H and O–H groups in total. The van der Waals surface area contributed by atoms with E-state index in [1.807, 2.05) is 6.07 Å². The summed E-state index contributed by atoms with van der Waals surface area (Å²) >= 11 is 2.91. The van der Waals surface area contributed by atoms with Crippen molar-refractivity contribution in [2.45, 2.75) is 6.42 Å². The van der Waals surface area contributed by atoms with Crippen molar-refractivity contribution >= 4 is 15.9 Å². The van der Waals surface area contributed by atoms with E-state index in [1.54, 1.807) is 0 Å². The van der Waals surface area contributed by atoms with Crippen LogP contribution < -0.4 is 0 Å². The van der Waals surface area contributed by atoms with Gasteiger partial charge < -0.3 is 5.11 Å². The molecule has 0 aliphatic rings. The van der Waals surface area contributed by atoms with Crippen LogP contribution in [0.25, 0.3) is 0 Å². The Morgan fingerprint density at radius 3 is 2.83 bits per heavy atom. The highest BCUT2D eigenvalue weighted by Crippen LogP contribution is 2.27. The van der Waals surface area contributed by atoms with Gasteiger partial charge in [0, 0.05) is 5.56 Å². The number of rotatable bonds is 1. The second-order valence-electron chi connectivity index (χ2n) is 2.20. The number of phenolic OH excluding ortho intramolecular Hbond substituents is 1. The zero-order chi connectivity index (χ0) is 9.14. The van der Waals surface area contributed by atoms with E-state index in [0.717, 1.165) is 0 Å². The van der Waals surface area contributed by atoms with E-state index in [-0.39, 0.29) is 10.9 Å². The molecule has 1 rings (SSSR count). The summed E-state index contributed by atoms with van der Waals surface area (Å²) in [6.45, 7) is 0. The predicted molar refractivity (Wildman–Crippen MR) is 45.1 cm³/mol. The fraction of sp³-hybridized carbons (Fsp3) is 0.125. The van der Waals surface area contributed by atoms with Gasteiger partial charge >= 0.3 is 0 Å². The van der Waals surface area contributed by atoms with Crippen LogP contribution in [0.2, 0.25) is 0 Å². The highest BCUT2D eigenvalue weighted by atomic mass is 79.9. The second kappa shape index (κ2) is 3.55. The summed E-state index contributed by atoms with van der Waals surface area (Å²) in [6.07, 6.45) is 0.00995. The molecule has 0 saturated heterocycles. The van der Waals surface area contributed by atoms with Gasteiger partial charge in [-0.05, 0) is 22.0 Å². The summed E-state index contributed by atoms with van der Waals surface area (Å²) in [5.74, 6) is -1.17. The van der Waals surface area contributed by atoms with E-state index in [1.165, 1.54) is 12.1 Å². The Bertz CT molecular complexity index is 346. The molecular formula is C8H5BrFNO. The maximum absolute atomic E-state index is 12.9. The number of nitrogens with zero attached hydrogens (tertiary/aromatic N) is 1. The molecule has 2 nitrogen and oxygen atoms in total. The minimum absolute atomic E-state index is 0.00995. The zero-order valence-electron chi connectivity index (χ0n) is 6.01. The van der Waals surface area contributed by atoms with Crippen molar-refractivity contribution in [3.05, 3.63) is 28.0 Å². The lowest BCUT2D eigenvalue weighted by Crippen LogP contribution is -1.87. The van der Waals surface area contributed by atoms with Crippen LogP contribution in [0.4, 0.5) is 4.39 Å². The molecule has 0 atom stereocenters. The normalized spacial score (nSPS) is 9.42. The van der Waals surface area contributed by atoms with Crippen molar-refractivity contribution < 1.29 is 9.50 Å². The fourth-order valence-corrected chi connectivity index (χ4v) is 1.13. The molecule has 1 aromatic rings. The largest absolute Gasteiger partial charge is 0.505 e. The predicted octanol–water partition coefficient (Wildman–Crippen LogP) is 2.36. The highest BCUT2D eigenvalue weighted by Gasteiger charge is 2.09. The maximum Gasteiger partial charge on any atom is 0.179 e. The molecule has 0 spiro atoms. The van der Waals surface area contributed by atoms with Crippen molar-refractivity contribution in [2.75, 3.05) is 0 Å². The number of benzene rings is 1. The van der Waals surface area contributed by atoms with Crippen molar-refractivity contribution in [1.82, 2.24) is 0 Å². The van der Waals surface area contributed by atoms with Gasteiger partial charge in [-0.25, -0.2) is 4.39 Å². The number of hydrogen-bond acceptors (Lipinski definition) is 2. The molecule has 62 valence electrons. The smallest absolute Gasteiger partial charge is 0.179 e. The quantitative estimate of drug-likeness (QED) is 0.804. The van der Waals surface area contributed by atoms with E-state index in [4.69, 9.17) is 10.4 Å². The number of hydrogen-bond donors (Lipinski definition) is 1. The molecule has 4 heteroatoms. The highest BCUT2D eigenvalue weighted by molar-refractivity contribution is 9.10. The number of phenols is 1. The molecule has 0 aliphatic heterocycles. The Hall–Kier alpha value is -1.08. The monoisotopic (exact) mass is 229 g/mol. The molecule has 0 radical (unpaired) electrons. The fourth-order valence-electron chi connectivity index (χ4n) is 0.808. The molecule has 0 amide bonds. The first-order chi connectivity index (χ1) is 5.66. The molecular weight excluding hydrogens is 225 g/mol. The van der Waals surface area contributed by atoms with Crippen LogP contribution in [0.1, 0.15) is 5.56 Å². The Balaban J connectivity index is 3.19. The number of nitriles is 1. The summed E-state index contributed by atoms with van der Waals surface area (Å²) in [4.78, 5) is 0.